The fraction of sp³-hybridized carbons (Fsp3) is 0.444. The molecule has 1 saturated carbocycles. The van der Waals surface area contributed by atoms with Gasteiger partial charge in [0, 0.05) is 5.92 Å². The SMILES string of the molecule is Cc1ccc([C@@H]2[C@H]3C[NH+](C)CC=C3[C@H](C#N)C(=N)C2(C#N)C#N)o1. The molecule has 0 spiro atoms. The average Bonchev–Trinajstić information content (AvgIpc) is 3.00. The van der Waals surface area contributed by atoms with Crippen molar-refractivity contribution in [3.63, 3.8) is 0 Å². The van der Waals surface area contributed by atoms with Crippen molar-refractivity contribution in [3.8, 4) is 18.2 Å². The van der Waals surface area contributed by atoms with E-state index in [-0.39, 0.29) is 11.6 Å². The molecule has 1 aliphatic carbocycles. The number of fused-ring (bicyclic) bond motifs is 1. The van der Waals surface area contributed by atoms with E-state index < -0.39 is 17.3 Å². The first-order chi connectivity index (χ1) is 11.5. The highest BCUT2D eigenvalue weighted by molar-refractivity contribution is 6.00. The van der Waals surface area contributed by atoms with Gasteiger partial charge in [-0.05, 0) is 30.7 Å². The highest BCUT2D eigenvalue weighted by Gasteiger charge is 2.59. The maximum Gasteiger partial charge on any atom is 0.192 e. The molecule has 6 heteroatoms. The molecule has 120 valence electrons. The zero-order valence-corrected chi connectivity index (χ0v) is 13.6. The quantitative estimate of drug-likeness (QED) is 0.750. The second-order valence-electron chi connectivity index (χ2n) is 6.61. The highest BCUT2D eigenvalue weighted by Crippen LogP contribution is 2.52. The minimum absolute atomic E-state index is 0.129. The van der Waals surface area contributed by atoms with Crippen LogP contribution in [0.2, 0.25) is 0 Å². The van der Waals surface area contributed by atoms with Gasteiger partial charge in [0.1, 0.15) is 17.4 Å². The van der Waals surface area contributed by atoms with E-state index >= 15 is 0 Å². The lowest BCUT2D eigenvalue weighted by Gasteiger charge is -2.44. The van der Waals surface area contributed by atoms with Crippen LogP contribution in [0.5, 0.6) is 0 Å². The number of quaternary nitrogens is 1. The van der Waals surface area contributed by atoms with Gasteiger partial charge in [0.2, 0.25) is 0 Å². The monoisotopic (exact) mass is 320 g/mol. The molecule has 0 saturated heterocycles. The number of likely N-dealkylation sites (N-methyl/N-ethyl adjacent to an activating group) is 1. The number of nitrogens with one attached hydrogen (secondary N) is 2. The van der Waals surface area contributed by atoms with Gasteiger partial charge in [-0.2, -0.15) is 15.8 Å². The van der Waals surface area contributed by atoms with Crippen LogP contribution in [0.3, 0.4) is 0 Å². The zero-order chi connectivity index (χ0) is 17.5. The van der Waals surface area contributed by atoms with Crippen molar-refractivity contribution < 1.29 is 9.32 Å². The summed E-state index contributed by atoms with van der Waals surface area (Å²) in [6.07, 6.45) is 1.99. The molecule has 1 aliphatic heterocycles. The Balaban J connectivity index is 2.26. The predicted octanol–water partition coefficient (Wildman–Crippen LogP) is 0.949. The summed E-state index contributed by atoms with van der Waals surface area (Å²) in [7, 11) is 2.04. The molecule has 2 N–H and O–H groups in total. The molecule has 2 heterocycles. The lowest BCUT2D eigenvalue weighted by Crippen LogP contribution is -3.10. The van der Waals surface area contributed by atoms with Gasteiger partial charge in [0.15, 0.2) is 5.41 Å². The fourth-order valence-electron chi connectivity index (χ4n) is 3.98. The Bertz CT molecular complexity index is 830. The van der Waals surface area contributed by atoms with E-state index in [1.807, 2.05) is 20.0 Å². The predicted molar refractivity (Wildman–Crippen MR) is 84.9 cm³/mol. The van der Waals surface area contributed by atoms with E-state index in [1.54, 1.807) is 12.1 Å². The molecule has 0 amide bonds. The first-order valence-electron chi connectivity index (χ1n) is 7.87. The lowest BCUT2D eigenvalue weighted by molar-refractivity contribution is -0.879. The van der Waals surface area contributed by atoms with Gasteiger partial charge in [0.05, 0.1) is 50.0 Å². The van der Waals surface area contributed by atoms with Crippen molar-refractivity contribution >= 4 is 5.71 Å². The summed E-state index contributed by atoms with van der Waals surface area (Å²) in [5, 5.41) is 37.7. The molecule has 1 fully saturated rings. The van der Waals surface area contributed by atoms with Crippen LogP contribution >= 0.6 is 0 Å². The molecular formula is C18H18N5O+. The molecule has 0 radical (unpaired) electrons. The molecule has 4 atom stereocenters. The summed E-state index contributed by atoms with van der Waals surface area (Å²) in [6, 6.07) is 9.83. The molecule has 3 rings (SSSR count). The van der Waals surface area contributed by atoms with Gasteiger partial charge < -0.3 is 14.7 Å². The third-order valence-electron chi connectivity index (χ3n) is 5.15. The van der Waals surface area contributed by atoms with Crippen LogP contribution in [0.1, 0.15) is 17.4 Å². The van der Waals surface area contributed by atoms with E-state index in [4.69, 9.17) is 9.83 Å². The Labute approximate surface area is 140 Å². The Morgan fingerprint density at radius 3 is 2.54 bits per heavy atom. The molecule has 1 aromatic rings. The largest absolute Gasteiger partial charge is 0.466 e. The van der Waals surface area contributed by atoms with Gasteiger partial charge in [-0.15, -0.1) is 0 Å². The van der Waals surface area contributed by atoms with Crippen molar-refractivity contribution in [3.05, 3.63) is 35.3 Å². The normalized spacial score (nSPS) is 31.1. The number of aryl methyl sites for hydroxylation is 1. The number of nitrogens with zero attached hydrogens (tertiary/aromatic N) is 3. The van der Waals surface area contributed by atoms with E-state index in [0.717, 1.165) is 12.1 Å². The van der Waals surface area contributed by atoms with Crippen LogP contribution < -0.4 is 4.90 Å². The Morgan fingerprint density at radius 1 is 1.29 bits per heavy atom. The molecular weight excluding hydrogens is 302 g/mol. The summed E-state index contributed by atoms with van der Waals surface area (Å²) < 4.78 is 5.77. The molecule has 6 nitrogen and oxygen atoms in total. The fourth-order valence-corrected chi connectivity index (χ4v) is 3.98. The molecule has 2 aliphatic rings. The van der Waals surface area contributed by atoms with Crippen LogP contribution in [0.25, 0.3) is 0 Å². The molecule has 24 heavy (non-hydrogen) atoms. The summed E-state index contributed by atoms with van der Waals surface area (Å²) in [6.45, 7) is 3.28. The van der Waals surface area contributed by atoms with Crippen LogP contribution in [0, 0.1) is 63.6 Å². The van der Waals surface area contributed by atoms with Crippen LogP contribution in [0.4, 0.5) is 0 Å². The number of hydrogen-bond donors (Lipinski definition) is 2. The maximum atomic E-state index is 9.83. The van der Waals surface area contributed by atoms with E-state index in [0.29, 0.717) is 18.1 Å². The summed E-state index contributed by atoms with van der Waals surface area (Å²) >= 11 is 0. The number of rotatable bonds is 1. The minimum atomic E-state index is -1.68. The van der Waals surface area contributed by atoms with E-state index in [1.165, 1.54) is 4.90 Å². The number of hydrogen-bond acceptors (Lipinski definition) is 5. The van der Waals surface area contributed by atoms with Gasteiger partial charge >= 0.3 is 0 Å². The van der Waals surface area contributed by atoms with Gasteiger partial charge in [-0.3, -0.25) is 0 Å². The second-order valence-corrected chi connectivity index (χ2v) is 6.61. The highest BCUT2D eigenvalue weighted by atomic mass is 16.3. The topological polar surface area (TPSA) is 113 Å². The van der Waals surface area contributed by atoms with Crippen LogP contribution in [-0.2, 0) is 0 Å². The third-order valence-corrected chi connectivity index (χ3v) is 5.15. The molecule has 0 bridgehead atoms. The van der Waals surface area contributed by atoms with Gasteiger partial charge in [-0.1, -0.05) is 0 Å². The summed E-state index contributed by atoms with van der Waals surface area (Å²) in [5.74, 6) is -0.301. The van der Waals surface area contributed by atoms with Crippen LogP contribution in [-0.4, -0.2) is 25.8 Å². The Morgan fingerprint density at radius 2 is 2.00 bits per heavy atom. The molecule has 1 unspecified atom stereocenters. The number of furan rings is 1. The standard InChI is InChI=1S/C18H17N5O/c1-11-3-4-15(24-11)16-14-8-23(2)6-5-12(14)13(7-19)17(22)18(16,9-20)10-21/h3-5,13-14,16,22H,6,8H2,1-2H3/p+1/t13-,14-,16-/m0/s1. The Hall–Kier alpha value is -2.88. The summed E-state index contributed by atoms with van der Waals surface area (Å²) in [5.41, 5.74) is -0.950. The Kier molecular flexibility index (Phi) is 3.76. The van der Waals surface area contributed by atoms with E-state index in [2.05, 4.69) is 18.2 Å². The van der Waals surface area contributed by atoms with Crippen molar-refractivity contribution in [2.45, 2.75) is 12.8 Å². The van der Waals surface area contributed by atoms with E-state index in [9.17, 15) is 15.8 Å². The first-order valence-corrected chi connectivity index (χ1v) is 7.87. The van der Waals surface area contributed by atoms with Gasteiger partial charge in [0.25, 0.3) is 0 Å². The van der Waals surface area contributed by atoms with Crippen molar-refractivity contribution in [1.29, 1.82) is 21.2 Å². The van der Waals surface area contributed by atoms with Crippen molar-refractivity contribution in [2.75, 3.05) is 20.1 Å². The van der Waals surface area contributed by atoms with Crippen LogP contribution in [0.15, 0.2) is 28.2 Å². The first kappa shape index (κ1) is 16.0. The molecule has 0 aromatic carbocycles. The summed E-state index contributed by atoms with van der Waals surface area (Å²) in [4.78, 5) is 1.24. The average molecular weight is 320 g/mol. The minimum Gasteiger partial charge on any atom is -0.466 e. The van der Waals surface area contributed by atoms with Crippen molar-refractivity contribution in [2.24, 2.45) is 17.3 Å². The van der Waals surface area contributed by atoms with Crippen molar-refractivity contribution in [1.82, 2.24) is 0 Å². The van der Waals surface area contributed by atoms with Gasteiger partial charge in [-0.25, -0.2) is 0 Å². The lowest BCUT2D eigenvalue weighted by atomic mass is 9.55. The molecule has 1 aromatic heterocycles. The maximum absolute atomic E-state index is 9.83. The zero-order valence-electron chi connectivity index (χ0n) is 13.6. The number of nitriles is 3. The smallest absolute Gasteiger partial charge is 0.192 e. The third kappa shape index (κ3) is 2.07. The second kappa shape index (κ2) is 5.64.